The quantitative estimate of drug-likeness (QED) is 0.636. The lowest BCUT2D eigenvalue weighted by atomic mass is 9.80. The van der Waals surface area contributed by atoms with E-state index in [4.69, 9.17) is 10.0 Å². The Balaban J connectivity index is 2.56. The molecule has 2 aromatic rings. The average molecular weight is 209 g/mol. The second kappa shape index (κ2) is 3.53. The predicted octanol–water partition coefficient (Wildman–Crippen LogP) is -0.777. The van der Waals surface area contributed by atoms with E-state index < -0.39 is 7.12 Å². The SMILES string of the molecule is Cn1ncc(B(O)O)c1-c1nccs1. The lowest BCUT2D eigenvalue weighted by molar-refractivity contribution is 0.426. The summed E-state index contributed by atoms with van der Waals surface area (Å²) in [7, 11) is 0.227. The highest BCUT2D eigenvalue weighted by atomic mass is 32.1. The minimum absolute atomic E-state index is 0.377. The molecule has 2 rings (SSSR count). The number of aryl methyl sites for hydroxylation is 1. The summed E-state index contributed by atoms with van der Waals surface area (Å²) in [5.74, 6) is 0. The van der Waals surface area contributed by atoms with Crippen molar-refractivity contribution in [1.82, 2.24) is 14.8 Å². The zero-order chi connectivity index (χ0) is 10.1. The summed E-state index contributed by atoms with van der Waals surface area (Å²) in [5, 5.41) is 24.7. The van der Waals surface area contributed by atoms with Crippen LogP contribution in [-0.2, 0) is 7.05 Å². The molecule has 2 N–H and O–H groups in total. The summed E-state index contributed by atoms with van der Waals surface area (Å²) in [4.78, 5) is 4.10. The Bertz CT molecular complexity index is 426. The van der Waals surface area contributed by atoms with Crippen molar-refractivity contribution >= 4 is 23.9 Å². The van der Waals surface area contributed by atoms with E-state index >= 15 is 0 Å². The van der Waals surface area contributed by atoms with Gasteiger partial charge in [-0.3, -0.25) is 4.68 Å². The van der Waals surface area contributed by atoms with Crippen LogP contribution < -0.4 is 5.46 Å². The van der Waals surface area contributed by atoms with Crippen LogP contribution in [0.3, 0.4) is 0 Å². The minimum atomic E-state index is -1.51. The third-order valence-corrected chi connectivity index (χ3v) is 2.66. The smallest absolute Gasteiger partial charge is 0.423 e. The minimum Gasteiger partial charge on any atom is -0.423 e. The fourth-order valence-corrected chi connectivity index (χ4v) is 1.98. The third-order valence-electron chi connectivity index (χ3n) is 1.88. The lowest BCUT2D eigenvalue weighted by Gasteiger charge is -2.01. The molecule has 2 aromatic heterocycles. The summed E-state index contributed by atoms with van der Waals surface area (Å²) in [6.07, 6.45) is 3.10. The van der Waals surface area contributed by atoms with Gasteiger partial charge in [0.05, 0.1) is 5.69 Å². The summed E-state index contributed by atoms with van der Waals surface area (Å²) in [6.45, 7) is 0. The summed E-state index contributed by atoms with van der Waals surface area (Å²) in [5.41, 5.74) is 1.03. The molecule has 0 atom stereocenters. The van der Waals surface area contributed by atoms with Crippen LogP contribution >= 0.6 is 11.3 Å². The molecule has 0 bridgehead atoms. The Morgan fingerprint density at radius 2 is 2.29 bits per heavy atom. The number of rotatable bonds is 2. The van der Waals surface area contributed by atoms with E-state index in [1.54, 1.807) is 17.9 Å². The van der Waals surface area contributed by atoms with Gasteiger partial charge in [0, 0.05) is 30.3 Å². The van der Waals surface area contributed by atoms with E-state index in [1.807, 2.05) is 5.38 Å². The molecule has 0 unspecified atom stereocenters. The Hall–Kier alpha value is -1.18. The number of hydrogen-bond acceptors (Lipinski definition) is 5. The van der Waals surface area contributed by atoms with Crippen LogP contribution in [-0.4, -0.2) is 31.9 Å². The van der Waals surface area contributed by atoms with Crippen molar-refractivity contribution in [3.05, 3.63) is 17.8 Å². The summed E-state index contributed by atoms with van der Waals surface area (Å²) < 4.78 is 1.58. The van der Waals surface area contributed by atoms with Gasteiger partial charge >= 0.3 is 7.12 Å². The molecule has 14 heavy (non-hydrogen) atoms. The van der Waals surface area contributed by atoms with Gasteiger partial charge in [0.15, 0.2) is 0 Å². The van der Waals surface area contributed by atoms with Gasteiger partial charge < -0.3 is 10.0 Å². The fraction of sp³-hybridized carbons (Fsp3) is 0.143. The molecule has 0 saturated carbocycles. The maximum atomic E-state index is 9.10. The van der Waals surface area contributed by atoms with Crippen molar-refractivity contribution in [3.8, 4) is 10.7 Å². The van der Waals surface area contributed by atoms with Crippen LogP contribution in [0.1, 0.15) is 0 Å². The van der Waals surface area contributed by atoms with Gasteiger partial charge in [-0.2, -0.15) is 5.10 Å². The molecule has 0 aliphatic carbocycles. The van der Waals surface area contributed by atoms with Crippen molar-refractivity contribution in [2.75, 3.05) is 0 Å². The number of thiazole rings is 1. The maximum Gasteiger partial charge on any atom is 0.492 e. The molecular formula is C7H8BN3O2S. The summed E-state index contributed by atoms with van der Waals surface area (Å²) in [6, 6.07) is 0. The van der Waals surface area contributed by atoms with Crippen LogP contribution in [0.15, 0.2) is 17.8 Å². The molecule has 0 spiro atoms. The topological polar surface area (TPSA) is 71.2 Å². The normalized spacial score (nSPS) is 10.5. The number of hydrogen-bond donors (Lipinski definition) is 2. The van der Waals surface area contributed by atoms with Gasteiger partial charge in [0.2, 0.25) is 0 Å². The van der Waals surface area contributed by atoms with E-state index in [0.717, 1.165) is 5.01 Å². The van der Waals surface area contributed by atoms with E-state index in [0.29, 0.717) is 11.2 Å². The van der Waals surface area contributed by atoms with Crippen molar-refractivity contribution < 1.29 is 10.0 Å². The molecule has 0 aliphatic heterocycles. The fourth-order valence-electron chi connectivity index (χ4n) is 1.25. The van der Waals surface area contributed by atoms with Gasteiger partial charge in [-0.05, 0) is 0 Å². The molecule has 5 nitrogen and oxygen atoms in total. The highest BCUT2D eigenvalue weighted by Crippen LogP contribution is 2.18. The second-order valence-corrected chi connectivity index (χ2v) is 3.68. The van der Waals surface area contributed by atoms with E-state index in [-0.39, 0.29) is 0 Å². The van der Waals surface area contributed by atoms with Crippen LogP contribution in [0, 0.1) is 0 Å². The van der Waals surface area contributed by atoms with Crippen LogP contribution in [0.25, 0.3) is 10.7 Å². The Labute approximate surface area is 84.8 Å². The molecule has 72 valence electrons. The zero-order valence-electron chi connectivity index (χ0n) is 7.45. The molecule has 0 saturated heterocycles. The Morgan fingerprint density at radius 3 is 2.86 bits per heavy atom. The molecule has 0 amide bonds. The van der Waals surface area contributed by atoms with Gasteiger partial charge in [-0.25, -0.2) is 4.98 Å². The molecule has 7 heteroatoms. The van der Waals surface area contributed by atoms with Crippen molar-refractivity contribution in [1.29, 1.82) is 0 Å². The number of nitrogens with zero attached hydrogens (tertiary/aromatic N) is 3. The summed E-state index contributed by atoms with van der Waals surface area (Å²) >= 11 is 1.43. The molecular weight excluding hydrogens is 201 g/mol. The third kappa shape index (κ3) is 1.45. The monoisotopic (exact) mass is 209 g/mol. The molecule has 2 heterocycles. The first-order valence-electron chi connectivity index (χ1n) is 3.98. The van der Waals surface area contributed by atoms with Crippen LogP contribution in [0.5, 0.6) is 0 Å². The standard InChI is InChI=1S/C7H8BN3O2S/c1-11-6(7-9-2-3-14-7)5(4-10-11)8(12)13/h2-4,12-13H,1H3. The van der Waals surface area contributed by atoms with Gasteiger partial charge in [0.25, 0.3) is 0 Å². The largest absolute Gasteiger partial charge is 0.492 e. The van der Waals surface area contributed by atoms with Gasteiger partial charge in [-0.1, -0.05) is 0 Å². The van der Waals surface area contributed by atoms with Crippen LogP contribution in [0.2, 0.25) is 0 Å². The first kappa shape index (κ1) is 9.38. The highest BCUT2D eigenvalue weighted by molar-refractivity contribution is 7.13. The molecule has 0 radical (unpaired) electrons. The molecule has 0 fully saturated rings. The molecule has 0 aromatic carbocycles. The lowest BCUT2D eigenvalue weighted by Crippen LogP contribution is -2.30. The van der Waals surface area contributed by atoms with Gasteiger partial charge in [0.1, 0.15) is 5.01 Å². The van der Waals surface area contributed by atoms with Crippen molar-refractivity contribution in [2.45, 2.75) is 0 Å². The predicted molar refractivity (Wildman–Crippen MR) is 54.1 cm³/mol. The molecule has 0 aliphatic rings. The van der Waals surface area contributed by atoms with Crippen molar-refractivity contribution in [3.63, 3.8) is 0 Å². The van der Waals surface area contributed by atoms with E-state index in [1.165, 1.54) is 17.5 Å². The van der Waals surface area contributed by atoms with Crippen LogP contribution in [0.4, 0.5) is 0 Å². The second-order valence-electron chi connectivity index (χ2n) is 2.78. The van der Waals surface area contributed by atoms with Gasteiger partial charge in [-0.15, -0.1) is 11.3 Å². The first-order chi connectivity index (χ1) is 6.70. The zero-order valence-corrected chi connectivity index (χ0v) is 8.27. The highest BCUT2D eigenvalue weighted by Gasteiger charge is 2.22. The first-order valence-corrected chi connectivity index (χ1v) is 4.86. The Kier molecular flexibility index (Phi) is 2.36. The van der Waals surface area contributed by atoms with Crippen molar-refractivity contribution in [2.24, 2.45) is 7.05 Å². The average Bonchev–Trinajstić information content (AvgIpc) is 2.71. The maximum absolute atomic E-state index is 9.10. The van der Waals surface area contributed by atoms with E-state index in [9.17, 15) is 0 Å². The Morgan fingerprint density at radius 1 is 1.50 bits per heavy atom. The number of aromatic nitrogens is 3. The van der Waals surface area contributed by atoms with E-state index in [2.05, 4.69) is 10.1 Å².